The van der Waals surface area contributed by atoms with E-state index in [1.807, 2.05) is 0 Å². The minimum absolute atomic E-state index is 0.578. The van der Waals surface area contributed by atoms with Crippen LogP contribution in [0.25, 0.3) is 0 Å². The molecule has 0 aromatic heterocycles. The second kappa shape index (κ2) is 9.18. The van der Waals surface area contributed by atoms with E-state index < -0.39 is 0 Å². The van der Waals surface area contributed by atoms with E-state index in [-0.39, 0.29) is 0 Å². The van der Waals surface area contributed by atoms with E-state index >= 15 is 0 Å². The first-order chi connectivity index (χ1) is 9.17. The molecule has 1 saturated heterocycles. The van der Waals surface area contributed by atoms with Crippen molar-refractivity contribution < 1.29 is 0 Å². The Morgan fingerprint density at radius 1 is 1.26 bits per heavy atom. The third kappa shape index (κ3) is 6.28. The highest BCUT2D eigenvalue weighted by molar-refractivity contribution is 5.80. The molecule has 1 aliphatic heterocycles. The standard InChI is InChI=1S/C15H32N4/c1-5-7-10-17-15(16-6-2)18-14-8-11-19(12-9-14)13(3)4/h13-14H,5-12H2,1-4H3,(H2,16,17,18). The Bertz CT molecular complexity index is 255. The molecule has 0 spiro atoms. The number of rotatable bonds is 6. The van der Waals surface area contributed by atoms with E-state index in [0.29, 0.717) is 12.1 Å². The molecular weight excluding hydrogens is 236 g/mol. The lowest BCUT2D eigenvalue weighted by atomic mass is 10.0. The van der Waals surface area contributed by atoms with Gasteiger partial charge in [-0.15, -0.1) is 0 Å². The van der Waals surface area contributed by atoms with Gasteiger partial charge < -0.3 is 15.5 Å². The fraction of sp³-hybridized carbons (Fsp3) is 0.933. The molecule has 4 nitrogen and oxygen atoms in total. The molecule has 1 rings (SSSR count). The zero-order valence-corrected chi connectivity index (χ0v) is 13.2. The molecule has 4 heteroatoms. The molecule has 0 amide bonds. The van der Waals surface area contributed by atoms with Crippen molar-refractivity contribution in [2.45, 2.75) is 65.5 Å². The third-order valence-electron chi connectivity index (χ3n) is 3.73. The van der Waals surface area contributed by atoms with Crippen LogP contribution in [0.2, 0.25) is 0 Å². The molecule has 0 atom stereocenters. The van der Waals surface area contributed by atoms with Crippen LogP contribution in [-0.4, -0.2) is 49.1 Å². The average Bonchev–Trinajstić information content (AvgIpc) is 2.40. The van der Waals surface area contributed by atoms with Gasteiger partial charge in [-0.1, -0.05) is 13.3 Å². The van der Waals surface area contributed by atoms with Gasteiger partial charge in [-0.2, -0.15) is 0 Å². The quantitative estimate of drug-likeness (QED) is 0.441. The highest BCUT2D eigenvalue weighted by atomic mass is 15.2. The summed E-state index contributed by atoms with van der Waals surface area (Å²) in [5.41, 5.74) is 0. The molecule has 19 heavy (non-hydrogen) atoms. The van der Waals surface area contributed by atoms with Crippen molar-refractivity contribution in [1.82, 2.24) is 15.5 Å². The Hall–Kier alpha value is -0.770. The molecule has 1 fully saturated rings. The van der Waals surface area contributed by atoms with E-state index in [0.717, 1.165) is 19.0 Å². The number of aliphatic imine (C=N–C) groups is 1. The van der Waals surface area contributed by atoms with Crippen LogP contribution in [0.1, 0.15) is 53.4 Å². The Kier molecular flexibility index (Phi) is 7.87. The van der Waals surface area contributed by atoms with Crippen LogP contribution in [0.3, 0.4) is 0 Å². The monoisotopic (exact) mass is 268 g/mol. The SMILES string of the molecule is CCCCN=C(NCC)NC1CCN(C(C)C)CC1. The maximum Gasteiger partial charge on any atom is 0.191 e. The van der Waals surface area contributed by atoms with Gasteiger partial charge in [-0.3, -0.25) is 4.99 Å². The molecule has 0 unspecified atom stereocenters. The Morgan fingerprint density at radius 3 is 2.47 bits per heavy atom. The summed E-state index contributed by atoms with van der Waals surface area (Å²) in [4.78, 5) is 7.19. The largest absolute Gasteiger partial charge is 0.357 e. The predicted octanol–water partition coefficient (Wildman–Crippen LogP) is 2.21. The van der Waals surface area contributed by atoms with Gasteiger partial charge in [0.05, 0.1) is 0 Å². The second-order valence-electron chi connectivity index (χ2n) is 5.66. The molecule has 0 aromatic carbocycles. The maximum atomic E-state index is 4.63. The first-order valence-electron chi connectivity index (χ1n) is 7.96. The summed E-state index contributed by atoms with van der Waals surface area (Å²) in [6, 6.07) is 1.25. The van der Waals surface area contributed by atoms with Crippen LogP contribution < -0.4 is 10.6 Å². The van der Waals surface area contributed by atoms with E-state index in [1.165, 1.54) is 38.8 Å². The molecule has 2 N–H and O–H groups in total. The zero-order chi connectivity index (χ0) is 14.1. The second-order valence-corrected chi connectivity index (χ2v) is 5.66. The van der Waals surface area contributed by atoms with Gasteiger partial charge in [0.15, 0.2) is 5.96 Å². The van der Waals surface area contributed by atoms with Crippen LogP contribution in [0.5, 0.6) is 0 Å². The van der Waals surface area contributed by atoms with E-state index in [2.05, 4.69) is 48.2 Å². The highest BCUT2D eigenvalue weighted by Crippen LogP contribution is 2.12. The molecule has 0 saturated carbocycles. The Balaban J connectivity index is 2.36. The summed E-state index contributed by atoms with van der Waals surface area (Å²) in [6.45, 7) is 13.1. The van der Waals surface area contributed by atoms with Gasteiger partial charge in [-0.25, -0.2) is 0 Å². The van der Waals surface area contributed by atoms with Gasteiger partial charge in [0.1, 0.15) is 0 Å². The fourth-order valence-corrected chi connectivity index (χ4v) is 2.42. The van der Waals surface area contributed by atoms with Crippen LogP contribution in [0.15, 0.2) is 4.99 Å². The van der Waals surface area contributed by atoms with Crippen LogP contribution in [0, 0.1) is 0 Å². The van der Waals surface area contributed by atoms with Crippen molar-refractivity contribution in [3.63, 3.8) is 0 Å². The fourth-order valence-electron chi connectivity index (χ4n) is 2.42. The average molecular weight is 268 g/mol. The molecule has 0 radical (unpaired) electrons. The van der Waals surface area contributed by atoms with Gasteiger partial charge in [0, 0.05) is 38.3 Å². The topological polar surface area (TPSA) is 39.7 Å². The summed E-state index contributed by atoms with van der Waals surface area (Å²) in [5.74, 6) is 0.999. The van der Waals surface area contributed by atoms with Crippen LogP contribution in [-0.2, 0) is 0 Å². The number of nitrogens with zero attached hydrogens (tertiary/aromatic N) is 2. The number of piperidine rings is 1. The number of hydrogen-bond acceptors (Lipinski definition) is 2. The Labute approximate surface area is 119 Å². The maximum absolute atomic E-state index is 4.63. The van der Waals surface area contributed by atoms with Crippen molar-refractivity contribution in [2.24, 2.45) is 4.99 Å². The first-order valence-corrected chi connectivity index (χ1v) is 7.96. The van der Waals surface area contributed by atoms with Gasteiger partial charge in [0.2, 0.25) is 0 Å². The van der Waals surface area contributed by atoms with Crippen molar-refractivity contribution in [1.29, 1.82) is 0 Å². The summed E-state index contributed by atoms with van der Waals surface area (Å²) < 4.78 is 0. The first kappa shape index (κ1) is 16.3. The van der Waals surface area contributed by atoms with Gasteiger partial charge in [0.25, 0.3) is 0 Å². The van der Waals surface area contributed by atoms with Crippen molar-refractivity contribution in [2.75, 3.05) is 26.2 Å². The summed E-state index contributed by atoms with van der Waals surface area (Å²) in [7, 11) is 0. The third-order valence-corrected chi connectivity index (χ3v) is 3.73. The lowest BCUT2D eigenvalue weighted by Gasteiger charge is -2.35. The molecule has 0 aromatic rings. The van der Waals surface area contributed by atoms with Crippen LogP contribution >= 0.6 is 0 Å². The van der Waals surface area contributed by atoms with Crippen molar-refractivity contribution >= 4 is 5.96 Å². The minimum Gasteiger partial charge on any atom is -0.357 e. The minimum atomic E-state index is 0.578. The molecule has 1 heterocycles. The van der Waals surface area contributed by atoms with Gasteiger partial charge in [-0.05, 0) is 40.0 Å². The number of unbranched alkanes of at least 4 members (excludes halogenated alkanes) is 1. The molecular formula is C15H32N4. The molecule has 0 aliphatic carbocycles. The van der Waals surface area contributed by atoms with E-state index in [9.17, 15) is 0 Å². The van der Waals surface area contributed by atoms with Gasteiger partial charge >= 0.3 is 0 Å². The lowest BCUT2D eigenvalue weighted by Crippen LogP contribution is -2.49. The molecule has 0 bridgehead atoms. The summed E-state index contributed by atoms with van der Waals surface area (Å²) in [6.07, 6.45) is 4.81. The molecule has 112 valence electrons. The Morgan fingerprint density at radius 2 is 1.95 bits per heavy atom. The summed E-state index contributed by atoms with van der Waals surface area (Å²) in [5, 5.41) is 6.94. The predicted molar refractivity (Wildman–Crippen MR) is 83.8 cm³/mol. The highest BCUT2D eigenvalue weighted by Gasteiger charge is 2.21. The summed E-state index contributed by atoms with van der Waals surface area (Å²) >= 11 is 0. The zero-order valence-electron chi connectivity index (χ0n) is 13.2. The number of guanidine groups is 1. The number of hydrogen-bond donors (Lipinski definition) is 2. The van der Waals surface area contributed by atoms with Crippen molar-refractivity contribution in [3.8, 4) is 0 Å². The van der Waals surface area contributed by atoms with E-state index in [1.54, 1.807) is 0 Å². The lowest BCUT2D eigenvalue weighted by molar-refractivity contribution is 0.167. The number of nitrogens with one attached hydrogen (secondary N) is 2. The number of likely N-dealkylation sites (tertiary alicyclic amines) is 1. The smallest absolute Gasteiger partial charge is 0.191 e. The van der Waals surface area contributed by atoms with Crippen LogP contribution in [0.4, 0.5) is 0 Å². The molecule has 1 aliphatic rings. The van der Waals surface area contributed by atoms with E-state index in [4.69, 9.17) is 0 Å². The van der Waals surface area contributed by atoms with Crippen molar-refractivity contribution in [3.05, 3.63) is 0 Å². The normalized spacial score (nSPS) is 18.9.